The fraction of sp³-hybridized carbons (Fsp3) is 0.588. The van der Waals surface area contributed by atoms with E-state index in [9.17, 15) is 14.9 Å². The van der Waals surface area contributed by atoms with Crippen molar-refractivity contribution in [3.8, 4) is 11.5 Å². The highest BCUT2D eigenvalue weighted by Crippen LogP contribution is 2.34. The van der Waals surface area contributed by atoms with Gasteiger partial charge in [-0.15, -0.1) is 0 Å². The van der Waals surface area contributed by atoms with Crippen molar-refractivity contribution in [3.63, 3.8) is 0 Å². The Morgan fingerprint density at radius 1 is 1.28 bits per heavy atom. The maximum atomic E-state index is 12.6. The van der Waals surface area contributed by atoms with Crippen molar-refractivity contribution in [3.05, 3.63) is 27.8 Å². The van der Waals surface area contributed by atoms with Crippen LogP contribution in [0.15, 0.2) is 12.1 Å². The van der Waals surface area contributed by atoms with Crippen LogP contribution in [-0.4, -0.2) is 55.6 Å². The molecule has 1 N–H and O–H groups in total. The molecule has 138 valence electrons. The average molecular weight is 351 g/mol. The summed E-state index contributed by atoms with van der Waals surface area (Å²) in [5, 5.41) is 14.2. The number of amides is 1. The van der Waals surface area contributed by atoms with E-state index in [-0.39, 0.29) is 28.8 Å². The molecule has 0 aromatic heterocycles. The van der Waals surface area contributed by atoms with Crippen LogP contribution in [-0.2, 0) is 0 Å². The highest BCUT2D eigenvalue weighted by atomic mass is 16.6. The van der Waals surface area contributed by atoms with E-state index < -0.39 is 10.8 Å². The van der Waals surface area contributed by atoms with E-state index in [4.69, 9.17) is 9.47 Å². The minimum absolute atomic E-state index is 0.0152. The van der Waals surface area contributed by atoms with Gasteiger partial charge in [0, 0.05) is 25.2 Å². The van der Waals surface area contributed by atoms with Crippen molar-refractivity contribution in [2.75, 3.05) is 33.9 Å². The number of hydrogen-bond acceptors (Lipinski definition) is 6. The van der Waals surface area contributed by atoms with E-state index in [0.717, 1.165) is 38.9 Å². The van der Waals surface area contributed by atoms with E-state index in [1.807, 2.05) is 0 Å². The minimum atomic E-state index is -0.583. The average Bonchev–Trinajstić information content (AvgIpc) is 2.62. The van der Waals surface area contributed by atoms with Gasteiger partial charge in [-0.1, -0.05) is 6.92 Å². The number of likely N-dealkylation sites (tertiary alicyclic amines) is 1. The van der Waals surface area contributed by atoms with Gasteiger partial charge < -0.3 is 19.7 Å². The van der Waals surface area contributed by atoms with Crippen LogP contribution >= 0.6 is 0 Å². The monoisotopic (exact) mass is 351 g/mol. The third-order valence-electron chi connectivity index (χ3n) is 4.41. The van der Waals surface area contributed by atoms with Gasteiger partial charge in [-0.3, -0.25) is 14.9 Å². The fourth-order valence-electron chi connectivity index (χ4n) is 3.08. The molecule has 1 saturated heterocycles. The summed E-state index contributed by atoms with van der Waals surface area (Å²) in [6.45, 7) is 5.05. The molecular weight excluding hydrogens is 326 g/mol. The molecular formula is C17H25N3O5. The Balaban J connectivity index is 2.14. The zero-order valence-corrected chi connectivity index (χ0v) is 14.9. The van der Waals surface area contributed by atoms with Crippen LogP contribution in [0.2, 0.25) is 0 Å². The number of carbonyl (C=O) groups is 1. The molecule has 0 saturated carbocycles. The predicted molar refractivity (Wildman–Crippen MR) is 93.4 cm³/mol. The lowest BCUT2D eigenvalue weighted by Gasteiger charge is -2.32. The second kappa shape index (κ2) is 8.66. The Kier molecular flexibility index (Phi) is 6.58. The third-order valence-corrected chi connectivity index (χ3v) is 4.41. The van der Waals surface area contributed by atoms with Gasteiger partial charge in [0.1, 0.15) is 5.56 Å². The number of methoxy groups -OCH3 is 2. The number of piperidine rings is 1. The molecule has 1 amide bonds. The molecule has 0 spiro atoms. The van der Waals surface area contributed by atoms with Crippen LogP contribution in [0.25, 0.3) is 0 Å². The first-order valence-electron chi connectivity index (χ1n) is 8.43. The summed E-state index contributed by atoms with van der Waals surface area (Å²) in [7, 11) is 2.82. The summed E-state index contributed by atoms with van der Waals surface area (Å²) in [5.41, 5.74) is -0.308. The van der Waals surface area contributed by atoms with Crippen LogP contribution < -0.4 is 14.8 Å². The van der Waals surface area contributed by atoms with Gasteiger partial charge in [-0.05, 0) is 25.8 Å². The predicted octanol–water partition coefficient (Wildman–Crippen LogP) is 2.22. The Hall–Kier alpha value is -2.35. The van der Waals surface area contributed by atoms with Crippen LogP contribution in [0.4, 0.5) is 5.69 Å². The molecule has 2 rings (SSSR count). The largest absolute Gasteiger partial charge is 0.493 e. The van der Waals surface area contributed by atoms with E-state index in [0.29, 0.717) is 0 Å². The van der Waals surface area contributed by atoms with Gasteiger partial charge in [0.05, 0.1) is 25.2 Å². The number of nitro benzene ring substituents is 1. The summed E-state index contributed by atoms with van der Waals surface area (Å²) in [6, 6.07) is 2.60. The fourth-order valence-corrected chi connectivity index (χ4v) is 3.08. The van der Waals surface area contributed by atoms with Crippen molar-refractivity contribution in [1.82, 2.24) is 10.2 Å². The van der Waals surface area contributed by atoms with Gasteiger partial charge in [-0.2, -0.15) is 0 Å². The van der Waals surface area contributed by atoms with Crippen LogP contribution in [0.5, 0.6) is 11.5 Å². The Bertz CT molecular complexity index is 627. The molecule has 1 aliphatic rings. The standard InChI is InChI=1S/C17H25N3O5/c1-4-7-19-8-5-12(6-9-19)18-17(21)13-10-15(24-2)16(25-3)11-14(13)20(22)23/h10-12H,4-9H2,1-3H3,(H,18,21). The normalized spacial score (nSPS) is 15.6. The highest BCUT2D eigenvalue weighted by Gasteiger charge is 2.27. The number of nitrogens with zero attached hydrogens (tertiary/aromatic N) is 2. The number of ether oxygens (including phenoxy) is 2. The van der Waals surface area contributed by atoms with Gasteiger partial charge in [0.2, 0.25) is 0 Å². The maximum absolute atomic E-state index is 12.6. The Morgan fingerprint density at radius 3 is 2.40 bits per heavy atom. The van der Waals surface area contributed by atoms with E-state index >= 15 is 0 Å². The zero-order chi connectivity index (χ0) is 18.4. The van der Waals surface area contributed by atoms with E-state index in [1.165, 1.54) is 26.4 Å². The smallest absolute Gasteiger partial charge is 0.286 e. The lowest BCUT2D eigenvalue weighted by atomic mass is 10.0. The molecule has 0 atom stereocenters. The first-order chi connectivity index (χ1) is 12.0. The Morgan fingerprint density at radius 2 is 1.88 bits per heavy atom. The number of rotatable bonds is 7. The SMILES string of the molecule is CCCN1CCC(NC(=O)c2cc(OC)c(OC)cc2[N+](=O)[O-])CC1. The molecule has 25 heavy (non-hydrogen) atoms. The minimum Gasteiger partial charge on any atom is -0.493 e. The van der Waals surface area contributed by atoms with Gasteiger partial charge in [-0.25, -0.2) is 0 Å². The number of benzene rings is 1. The van der Waals surface area contributed by atoms with Crippen molar-refractivity contribution < 1.29 is 19.2 Å². The maximum Gasteiger partial charge on any atom is 0.286 e. The second-order valence-corrected chi connectivity index (χ2v) is 6.07. The molecule has 0 bridgehead atoms. The van der Waals surface area contributed by atoms with Gasteiger partial charge in [0.25, 0.3) is 11.6 Å². The third kappa shape index (κ3) is 4.60. The topological polar surface area (TPSA) is 93.9 Å². The first kappa shape index (κ1) is 19.0. The van der Waals surface area contributed by atoms with E-state index in [1.54, 1.807) is 0 Å². The van der Waals surface area contributed by atoms with Gasteiger partial charge >= 0.3 is 0 Å². The lowest BCUT2D eigenvalue weighted by Crippen LogP contribution is -2.44. The molecule has 1 aromatic rings. The number of nitrogens with one attached hydrogen (secondary N) is 1. The Labute approximate surface area is 147 Å². The zero-order valence-electron chi connectivity index (χ0n) is 14.9. The number of carbonyl (C=O) groups excluding carboxylic acids is 1. The molecule has 0 radical (unpaired) electrons. The van der Waals surface area contributed by atoms with Crippen LogP contribution in [0, 0.1) is 10.1 Å². The molecule has 0 unspecified atom stereocenters. The summed E-state index contributed by atoms with van der Waals surface area (Å²) < 4.78 is 10.2. The summed E-state index contributed by atoms with van der Waals surface area (Å²) in [4.78, 5) is 25.7. The van der Waals surface area contributed by atoms with E-state index in [2.05, 4.69) is 17.1 Å². The lowest BCUT2D eigenvalue weighted by molar-refractivity contribution is -0.385. The summed E-state index contributed by atoms with van der Waals surface area (Å²) in [6.07, 6.45) is 2.79. The molecule has 1 heterocycles. The quantitative estimate of drug-likeness (QED) is 0.598. The molecule has 1 aliphatic heterocycles. The van der Waals surface area contributed by atoms with Crippen LogP contribution in [0.1, 0.15) is 36.5 Å². The van der Waals surface area contributed by atoms with Crippen molar-refractivity contribution >= 4 is 11.6 Å². The number of hydrogen-bond donors (Lipinski definition) is 1. The van der Waals surface area contributed by atoms with Crippen LogP contribution in [0.3, 0.4) is 0 Å². The molecule has 8 heteroatoms. The number of nitro groups is 1. The highest BCUT2D eigenvalue weighted by molar-refractivity contribution is 5.99. The summed E-state index contributed by atoms with van der Waals surface area (Å²) in [5.74, 6) is 0.0521. The van der Waals surface area contributed by atoms with Crippen molar-refractivity contribution in [1.29, 1.82) is 0 Å². The molecule has 8 nitrogen and oxygen atoms in total. The molecule has 1 fully saturated rings. The van der Waals surface area contributed by atoms with Crippen molar-refractivity contribution in [2.45, 2.75) is 32.2 Å². The molecule has 0 aliphatic carbocycles. The van der Waals surface area contributed by atoms with Gasteiger partial charge in [0.15, 0.2) is 11.5 Å². The first-order valence-corrected chi connectivity index (χ1v) is 8.43. The van der Waals surface area contributed by atoms with Crippen molar-refractivity contribution in [2.24, 2.45) is 0 Å². The second-order valence-electron chi connectivity index (χ2n) is 6.07. The molecule has 1 aromatic carbocycles. The summed E-state index contributed by atoms with van der Waals surface area (Å²) >= 11 is 0.